The number of ether oxygens (including phenoxy) is 2. The number of hydrogen-bond acceptors (Lipinski definition) is 3. The van der Waals surface area contributed by atoms with Crippen LogP contribution in [0, 0.1) is 5.92 Å². The van der Waals surface area contributed by atoms with Crippen molar-refractivity contribution in [2.75, 3.05) is 7.11 Å². The minimum Gasteiger partial charge on any atom is -0.497 e. The first-order valence-corrected chi connectivity index (χ1v) is 8.45. The predicted octanol–water partition coefficient (Wildman–Crippen LogP) is 4.23. The van der Waals surface area contributed by atoms with Gasteiger partial charge >= 0.3 is 6.09 Å². The highest BCUT2D eigenvalue weighted by molar-refractivity contribution is 5.77. The minimum absolute atomic E-state index is 0.393. The highest BCUT2D eigenvalue weighted by atomic mass is 16.6. The van der Waals surface area contributed by atoms with E-state index >= 15 is 0 Å². The third-order valence-electron chi connectivity index (χ3n) is 5.25. The van der Waals surface area contributed by atoms with Crippen molar-refractivity contribution >= 4 is 6.09 Å². The van der Waals surface area contributed by atoms with Crippen LogP contribution in [-0.2, 0) is 5.54 Å². The molecule has 0 radical (unpaired) electrons. The first-order chi connectivity index (χ1) is 11.7. The molecule has 4 rings (SSSR count). The number of nitrogens with one attached hydrogen (secondary N) is 1. The van der Waals surface area contributed by atoms with Gasteiger partial charge in [0.1, 0.15) is 11.5 Å². The number of rotatable bonds is 4. The van der Waals surface area contributed by atoms with E-state index in [4.69, 9.17) is 9.47 Å². The summed E-state index contributed by atoms with van der Waals surface area (Å²) >= 11 is 0. The Hall–Kier alpha value is -2.49. The van der Waals surface area contributed by atoms with Gasteiger partial charge in [-0.05, 0) is 36.1 Å². The quantitative estimate of drug-likeness (QED) is 0.916. The van der Waals surface area contributed by atoms with Gasteiger partial charge in [0, 0.05) is 5.56 Å². The van der Waals surface area contributed by atoms with Gasteiger partial charge in [-0.15, -0.1) is 0 Å². The summed E-state index contributed by atoms with van der Waals surface area (Å²) in [5.74, 6) is 1.99. The molecule has 4 heteroatoms. The maximum atomic E-state index is 12.3. The Balaban J connectivity index is 1.90. The molecule has 1 saturated carbocycles. The van der Waals surface area contributed by atoms with Gasteiger partial charge in [-0.25, -0.2) is 4.79 Å². The predicted molar refractivity (Wildman–Crippen MR) is 91.3 cm³/mol. The van der Waals surface area contributed by atoms with E-state index in [1.54, 1.807) is 7.11 Å². The Kier molecular flexibility index (Phi) is 3.68. The summed E-state index contributed by atoms with van der Waals surface area (Å²) in [5, 5.41) is 3.14. The smallest absolute Gasteiger partial charge is 0.413 e. The molecule has 0 bridgehead atoms. The molecule has 1 unspecified atom stereocenters. The lowest BCUT2D eigenvalue weighted by Crippen LogP contribution is -2.52. The summed E-state index contributed by atoms with van der Waals surface area (Å²) < 4.78 is 10.8. The fourth-order valence-electron chi connectivity index (χ4n) is 3.78. The third-order valence-corrected chi connectivity index (χ3v) is 5.25. The van der Waals surface area contributed by atoms with Crippen molar-refractivity contribution in [2.24, 2.45) is 5.92 Å². The molecule has 2 aromatic carbocycles. The van der Waals surface area contributed by atoms with E-state index in [9.17, 15) is 4.79 Å². The van der Waals surface area contributed by atoms with Crippen molar-refractivity contribution in [2.45, 2.75) is 31.2 Å². The molecule has 1 N–H and O–H groups in total. The third kappa shape index (κ3) is 2.42. The molecule has 1 heterocycles. The van der Waals surface area contributed by atoms with E-state index < -0.39 is 11.6 Å². The van der Waals surface area contributed by atoms with Crippen LogP contribution in [0.4, 0.5) is 4.79 Å². The molecule has 1 amide bonds. The fraction of sp³-hybridized carbons (Fsp3) is 0.350. The highest BCUT2D eigenvalue weighted by Gasteiger charge is 2.45. The Morgan fingerprint density at radius 1 is 1.21 bits per heavy atom. The van der Waals surface area contributed by atoms with Gasteiger partial charge in [-0.3, -0.25) is 0 Å². The molecular formula is C20H21NO3. The van der Waals surface area contributed by atoms with Crippen LogP contribution < -0.4 is 14.8 Å². The lowest BCUT2D eigenvalue weighted by Gasteiger charge is -2.43. The standard InChI is InChI=1S/C20H21NO3/c1-23-16-10-11-18-17(12-16)20(21-19(22)24-18,13-14-6-5-7-14)15-8-3-2-4-9-15/h2-4,8-12,14H,5-7,13H2,1H3,(H,21,22). The van der Waals surface area contributed by atoms with E-state index in [-0.39, 0.29) is 0 Å². The number of methoxy groups -OCH3 is 1. The molecule has 0 spiro atoms. The SMILES string of the molecule is COc1ccc2c(c1)C(CC1CCC1)(c1ccccc1)NC(=O)O2. The van der Waals surface area contributed by atoms with Crippen molar-refractivity contribution in [1.82, 2.24) is 5.32 Å². The van der Waals surface area contributed by atoms with Crippen LogP contribution in [0.5, 0.6) is 11.5 Å². The number of hydrogen-bond donors (Lipinski definition) is 1. The van der Waals surface area contributed by atoms with Gasteiger partial charge in [0.25, 0.3) is 0 Å². The van der Waals surface area contributed by atoms with Crippen molar-refractivity contribution in [3.63, 3.8) is 0 Å². The zero-order valence-electron chi connectivity index (χ0n) is 13.7. The Morgan fingerprint density at radius 3 is 2.67 bits per heavy atom. The highest BCUT2D eigenvalue weighted by Crippen LogP contribution is 2.47. The van der Waals surface area contributed by atoms with E-state index in [1.165, 1.54) is 19.3 Å². The Morgan fingerprint density at radius 2 is 2.00 bits per heavy atom. The first-order valence-electron chi connectivity index (χ1n) is 8.45. The molecule has 24 heavy (non-hydrogen) atoms. The second-order valence-corrected chi connectivity index (χ2v) is 6.65. The van der Waals surface area contributed by atoms with Crippen molar-refractivity contribution < 1.29 is 14.3 Å². The van der Waals surface area contributed by atoms with Crippen molar-refractivity contribution in [1.29, 1.82) is 0 Å². The zero-order valence-corrected chi connectivity index (χ0v) is 13.7. The van der Waals surface area contributed by atoms with E-state index in [1.807, 2.05) is 36.4 Å². The van der Waals surface area contributed by atoms with E-state index in [2.05, 4.69) is 17.4 Å². The number of amides is 1. The van der Waals surface area contributed by atoms with Crippen LogP contribution >= 0.6 is 0 Å². The summed E-state index contributed by atoms with van der Waals surface area (Å²) in [6.45, 7) is 0. The lowest BCUT2D eigenvalue weighted by molar-refractivity contribution is 0.157. The molecule has 124 valence electrons. The average molecular weight is 323 g/mol. The molecule has 2 aliphatic rings. The number of carbonyl (C=O) groups is 1. The van der Waals surface area contributed by atoms with Gasteiger partial charge < -0.3 is 14.8 Å². The molecule has 0 aromatic heterocycles. The second-order valence-electron chi connectivity index (χ2n) is 6.65. The maximum Gasteiger partial charge on any atom is 0.413 e. The number of carbonyl (C=O) groups excluding carboxylic acids is 1. The van der Waals surface area contributed by atoms with Gasteiger partial charge in [0.2, 0.25) is 0 Å². The van der Waals surface area contributed by atoms with Crippen LogP contribution in [-0.4, -0.2) is 13.2 Å². The fourth-order valence-corrected chi connectivity index (χ4v) is 3.78. The molecule has 1 aliphatic carbocycles. The monoisotopic (exact) mass is 323 g/mol. The minimum atomic E-state index is -0.564. The summed E-state index contributed by atoms with van der Waals surface area (Å²) in [5.41, 5.74) is 1.49. The van der Waals surface area contributed by atoms with Crippen LogP contribution in [0.25, 0.3) is 0 Å². The molecule has 4 nitrogen and oxygen atoms in total. The second kappa shape index (κ2) is 5.86. The molecule has 1 atom stereocenters. The van der Waals surface area contributed by atoms with Gasteiger partial charge in [0.05, 0.1) is 12.6 Å². The topological polar surface area (TPSA) is 47.6 Å². The normalized spacial score (nSPS) is 22.8. The van der Waals surface area contributed by atoms with E-state index in [0.29, 0.717) is 11.7 Å². The summed E-state index contributed by atoms with van der Waals surface area (Å²) in [6, 6.07) is 15.8. The Labute approximate surface area is 141 Å². The van der Waals surface area contributed by atoms with Crippen LogP contribution in [0.1, 0.15) is 36.8 Å². The molecule has 1 fully saturated rings. The van der Waals surface area contributed by atoms with E-state index in [0.717, 1.165) is 23.3 Å². The molecule has 2 aromatic rings. The average Bonchev–Trinajstić information content (AvgIpc) is 2.58. The van der Waals surface area contributed by atoms with Crippen LogP contribution in [0.2, 0.25) is 0 Å². The van der Waals surface area contributed by atoms with Crippen LogP contribution in [0.3, 0.4) is 0 Å². The van der Waals surface area contributed by atoms with Crippen molar-refractivity contribution in [3.05, 3.63) is 59.7 Å². The number of fused-ring (bicyclic) bond motifs is 1. The zero-order chi connectivity index (χ0) is 16.6. The largest absolute Gasteiger partial charge is 0.497 e. The van der Waals surface area contributed by atoms with Crippen molar-refractivity contribution in [3.8, 4) is 11.5 Å². The molecular weight excluding hydrogens is 302 g/mol. The summed E-state index contributed by atoms with van der Waals surface area (Å²) in [6.07, 6.45) is 4.18. The Bertz CT molecular complexity index is 755. The summed E-state index contributed by atoms with van der Waals surface area (Å²) in [7, 11) is 1.65. The van der Waals surface area contributed by atoms with Crippen LogP contribution in [0.15, 0.2) is 48.5 Å². The summed E-state index contributed by atoms with van der Waals surface area (Å²) in [4.78, 5) is 12.3. The molecule has 0 saturated heterocycles. The van der Waals surface area contributed by atoms with Gasteiger partial charge in [0.15, 0.2) is 0 Å². The number of benzene rings is 2. The molecule has 1 aliphatic heterocycles. The maximum absolute atomic E-state index is 12.3. The lowest BCUT2D eigenvalue weighted by atomic mass is 9.70. The van der Waals surface area contributed by atoms with Gasteiger partial charge in [-0.1, -0.05) is 49.6 Å². The first kappa shape index (κ1) is 15.1. The van der Waals surface area contributed by atoms with Gasteiger partial charge in [-0.2, -0.15) is 0 Å².